The van der Waals surface area contributed by atoms with Crippen molar-refractivity contribution in [3.8, 4) is 0 Å². The lowest BCUT2D eigenvalue weighted by Crippen LogP contribution is -2.21. The number of aromatic nitrogens is 1. The molecule has 0 saturated carbocycles. The molecule has 0 radical (unpaired) electrons. The van der Waals surface area contributed by atoms with Crippen LogP contribution in [0.4, 0.5) is 0 Å². The number of aryl methyl sites for hydroxylation is 1. The summed E-state index contributed by atoms with van der Waals surface area (Å²) in [7, 11) is 1.94. The summed E-state index contributed by atoms with van der Waals surface area (Å²) >= 11 is 0. The maximum atomic E-state index is 12.1. The lowest BCUT2D eigenvalue weighted by atomic mass is 10.1. The van der Waals surface area contributed by atoms with E-state index < -0.39 is 11.8 Å². The average molecular weight is 336 g/mol. The Morgan fingerprint density at radius 3 is 2.56 bits per heavy atom. The second-order valence-corrected chi connectivity index (χ2v) is 5.43. The molecule has 0 aliphatic carbocycles. The van der Waals surface area contributed by atoms with Crippen LogP contribution in [0.1, 0.15) is 26.3 Å². The van der Waals surface area contributed by atoms with Crippen molar-refractivity contribution < 1.29 is 14.8 Å². The second-order valence-electron chi connectivity index (χ2n) is 5.43. The van der Waals surface area contributed by atoms with Crippen LogP contribution in [-0.2, 0) is 7.05 Å². The molecule has 7 nitrogen and oxygen atoms in total. The highest BCUT2D eigenvalue weighted by molar-refractivity contribution is 6.01. The number of carbonyl (C=O) groups excluding carboxylic acids is 2. The van der Waals surface area contributed by atoms with E-state index in [0.29, 0.717) is 0 Å². The van der Waals surface area contributed by atoms with Crippen molar-refractivity contribution in [2.45, 2.75) is 0 Å². The lowest BCUT2D eigenvalue weighted by molar-refractivity contribution is 0.0706. The molecule has 3 rings (SSSR count). The first kappa shape index (κ1) is 16.4. The van der Waals surface area contributed by atoms with Gasteiger partial charge in [0.05, 0.1) is 6.21 Å². The van der Waals surface area contributed by atoms with Gasteiger partial charge < -0.3 is 4.57 Å². The molecule has 0 unspecified atom stereocenters. The Balaban J connectivity index is 1.75. The highest BCUT2D eigenvalue weighted by atomic mass is 16.5. The Kier molecular flexibility index (Phi) is 4.58. The molecule has 0 aliphatic rings. The topological polar surface area (TPSA) is 95.7 Å². The van der Waals surface area contributed by atoms with E-state index >= 15 is 0 Å². The number of benzene rings is 2. The Morgan fingerprint density at radius 2 is 1.80 bits per heavy atom. The fraction of sp³-hybridized carbons (Fsp3) is 0.0556. The number of nitrogens with zero attached hydrogens (tertiary/aromatic N) is 2. The van der Waals surface area contributed by atoms with E-state index in [1.807, 2.05) is 42.1 Å². The molecule has 7 heteroatoms. The summed E-state index contributed by atoms with van der Waals surface area (Å²) in [5.41, 5.74) is 6.34. The summed E-state index contributed by atoms with van der Waals surface area (Å²) in [6.45, 7) is 0. The number of fused-ring (bicyclic) bond motifs is 1. The number of hydrazone groups is 1. The highest BCUT2D eigenvalue weighted by Crippen LogP contribution is 2.18. The molecule has 3 aromatic rings. The molecule has 2 amide bonds. The SMILES string of the molecule is Cn1cc(/C=N/NC(=O)c2cccc(C(=O)NO)c2)c2ccccc21. The fourth-order valence-electron chi connectivity index (χ4n) is 2.57. The van der Waals surface area contributed by atoms with Crippen molar-refractivity contribution in [2.24, 2.45) is 12.1 Å². The summed E-state index contributed by atoms with van der Waals surface area (Å²) < 4.78 is 1.98. The molecule has 0 saturated heterocycles. The van der Waals surface area contributed by atoms with Gasteiger partial charge in [-0.25, -0.2) is 10.9 Å². The first-order chi connectivity index (χ1) is 12.1. The van der Waals surface area contributed by atoms with Gasteiger partial charge in [0.15, 0.2) is 0 Å². The molecule has 3 N–H and O–H groups in total. The minimum absolute atomic E-state index is 0.174. The number of hydroxylamine groups is 1. The van der Waals surface area contributed by atoms with E-state index in [1.165, 1.54) is 17.6 Å². The van der Waals surface area contributed by atoms with Crippen LogP contribution >= 0.6 is 0 Å². The van der Waals surface area contributed by atoms with Crippen molar-refractivity contribution in [3.05, 3.63) is 71.4 Å². The van der Waals surface area contributed by atoms with E-state index in [4.69, 9.17) is 5.21 Å². The zero-order valence-electron chi connectivity index (χ0n) is 13.4. The Hall–Kier alpha value is -3.45. The van der Waals surface area contributed by atoms with Crippen LogP contribution in [0.15, 0.2) is 59.8 Å². The van der Waals surface area contributed by atoms with Gasteiger partial charge in [-0.2, -0.15) is 5.10 Å². The lowest BCUT2D eigenvalue weighted by Gasteiger charge is -2.02. The van der Waals surface area contributed by atoms with E-state index in [2.05, 4.69) is 10.5 Å². The van der Waals surface area contributed by atoms with Crippen LogP contribution in [0.5, 0.6) is 0 Å². The van der Waals surface area contributed by atoms with Crippen molar-refractivity contribution in [3.63, 3.8) is 0 Å². The van der Waals surface area contributed by atoms with E-state index in [1.54, 1.807) is 18.3 Å². The van der Waals surface area contributed by atoms with E-state index in [0.717, 1.165) is 16.5 Å². The third-order valence-electron chi connectivity index (χ3n) is 3.79. The summed E-state index contributed by atoms with van der Waals surface area (Å²) in [4.78, 5) is 23.5. The Bertz CT molecular complexity index is 975. The molecular formula is C18H16N4O3. The number of hydrogen-bond donors (Lipinski definition) is 3. The summed E-state index contributed by atoms with van der Waals surface area (Å²) in [5, 5.41) is 13.7. The van der Waals surface area contributed by atoms with Crippen LogP contribution in [0.3, 0.4) is 0 Å². The molecule has 0 fully saturated rings. The van der Waals surface area contributed by atoms with Gasteiger partial charge in [0.1, 0.15) is 0 Å². The normalized spacial score (nSPS) is 11.0. The number of hydrogen-bond acceptors (Lipinski definition) is 4. The maximum Gasteiger partial charge on any atom is 0.274 e. The predicted octanol–water partition coefficient (Wildman–Crippen LogP) is 2.06. The first-order valence-corrected chi connectivity index (χ1v) is 7.52. The van der Waals surface area contributed by atoms with Crippen LogP contribution in [0, 0.1) is 0 Å². The van der Waals surface area contributed by atoms with Crippen LogP contribution in [-0.4, -0.2) is 27.8 Å². The van der Waals surface area contributed by atoms with E-state index in [9.17, 15) is 9.59 Å². The number of nitrogens with one attached hydrogen (secondary N) is 2. The van der Waals surface area contributed by atoms with Gasteiger partial charge in [-0.3, -0.25) is 14.8 Å². The molecule has 2 aromatic carbocycles. The van der Waals surface area contributed by atoms with Gasteiger partial charge in [-0.1, -0.05) is 24.3 Å². The van der Waals surface area contributed by atoms with Crippen LogP contribution in [0.25, 0.3) is 10.9 Å². The minimum Gasteiger partial charge on any atom is -0.350 e. The predicted molar refractivity (Wildman–Crippen MR) is 93.7 cm³/mol. The molecule has 0 spiro atoms. The van der Waals surface area contributed by atoms with Crippen molar-refractivity contribution in [1.29, 1.82) is 0 Å². The molecule has 1 heterocycles. The minimum atomic E-state index is -0.686. The molecular weight excluding hydrogens is 320 g/mol. The molecule has 0 atom stereocenters. The first-order valence-electron chi connectivity index (χ1n) is 7.52. The zero-order valence-corrected chi connectivity index (χ0v) is 13.4. The van der Waals surface area contributed by atoms with Gasteiger partial charge in [0.2, 0.25) is 0 Å². The number of amides is 2. The van der Waals surface area contributed by atoms with Gasteiger partial charge in [-0.05, 0) is 24.3 Å². The summed E-state index contributed by atoms with van der Waals surface area (Å²) in [5.74, 6) is -1.14. The third-order valence-corrected chi connectivity index (χ3v) is 3.79. The largest absolute Gasteiger partial charge is 0.350 e. The van der Waals surface area contributed by atoms with Crippen molar-refractivity contribution in [1.82, 2.24) is 15.5 Å². The zero-order chi connectivity index (χ0) is 17.8. The highest BCUT2D eigenvalue weighted by Gasteiger charge is 2.09. The fourth-order valence-corrected chi connectivity index (χ4v) is 2.57. The summed E-state index contributed by atoms with van der Waals surface area (Å²) in [6, 6.07) is 13.8. The van der Waals surface area contributed by atoms with Gasteiger partial charge in [0, 0.05) is 40.8 Å². The van der Waals surface area contributed by atoms with Crippen molar-refractivity contribution >= 4 is 28.9 Å². The summed E-state index contributed by atoms with van der Waals surface area (Å²) in [6.07, 6.45) is 3.50. The maximum absolute atomic E-state index is 12.1. The van der Waals surface area contributed by atoms with E-state index in [-0.39, 0.29) is 11.1 Å². The van der Waals surface area contributed by atoms with Gasteiger partial charge in [-0.15, -0.1) is 0 Å². The quantitative estimate of drug-likeness (QED) is 0.386. The number of rotatable bonds is 4. The molecule has 126 valence electrons. The Morgan fingerprint density at radius 1 is 1.08 bits per heavy atom. The molecule has 1 aromatic heterocycles. The average Bonchev–Trinajstić information content (AvgIpc) is 2.97. The molecule has 0 aliphatic heterocycles. The molecule has 25 heavy (non-hydrogen) atoms. The van der Waals surface area contributed by atoms with Crippen molar-refractivity contribution in [2.75, 3.05) is 0 Å². The smallest absolute Gasteiger partial charge is 0.274 e. The number of carbonyl (C=O) groups is 2. The standard InChI is InChI=1S/C18H16N4O3/c1-22-11-14(15-7-2-3-8-16(15)22)10-19-20-17(23)12-5-4-6-13(9-12)18(24)21-25/h2-11,25H,1H3,(H,20,23)(H,21,24)/b19-10+. The van der Waals surface area contributed by atoms with Crippen LogP contribution < -0.4 is 10.9 Å². The van der Waals surface area contributed by atoms with Crippen LogP contribution in [0.2, 0.25) is 0 Å². The Labute approximate surface area is 143 Å². The second kappa shape index (κ2) is 6.98. The monoisotopic (exact) mass is 336 g/mol. The number of para-hydroxylation sites is 1. The third kappa shape index (κ3) is 3.41. The molecule has 0 bridgehead atoms. The van der Waals surface area contributed by atoms with Gasteiger partial charge >= 0.3 is 0 Å². The van der Waals surface area contributed by atoms with Gasteiger partial charge in [0.25, 0.3) is 11.8 Å².